The van der Waals surface area contributed by atoms with Crippen molar-refractivity contribution in [2.75, 3.05) is 25.0 Å². The minimum absolute atomic E-state index is 0.301. The first-order valence-electron chi connectivity index (χ1n) is 6.95. The third-order valence-electron chi connectivity index (χ3n) is 3.34. The van der Waals surface area contributed by atoms with Crippen molar-refractivity contribution in [3.05, 3.63) is 24.3 Å². The summed E-state index contributed by atoms with van der Waals surface area (Å²) in [5.41, 5.74) is 6.55. The maximum absolute atomic E-state index is 12.0. The van der Waals surface area contributed by atoms with Crippen molar-refractivity contribution >= 4 is 15.7 Å². The fourth-order valence-corrected chi connectivity index (χ4v) is 3.00. The maximum Gasteiger partial charge on any atom is 0.240 e. The normalized spacial score (nSPS) is 13.2. The molecule has 0 aliphatic heterocycles. The lowest BCUT2D eigenvalue weighted by molar-refractivity contribution is 0.581. The van der Waals surface area contributed by atoms with Crippen molar-refractivity contribution < 1.29 is 8.42 Å². The summed E-state index contributed by atoms with van der Waals surface area (Å²) in [4.78, 5) is 2.40. The Bertz CT molecular complexity index is 500. The third kappa shape index (κ3) is 4.47. The molecule has 0 fully saturated rings. The van der Waals surface area contributed by atoms with Gasteiger partial charge in [-0.05, 0) is 50.6 Å². The van der Waals surface area contributed by atoms with Crippen molar-refractivity contribution in [2.45, 2.75) is 37.6 Å². The predicted octanol–water partition coefficient (Wildman–Crippen LogP) is 1.55. The van der Waals surface area contributed by atoms with Crippen molar-refractivity contribution in [2.24, 2.45) is 5.73 Å². The van der Waals surface area contributed by atoms with Gasteiger partial charge in [-0.2, -0.15) is 0 Å². The Kier molecular flexibility index (Phi) is 6.45. The van der Waals surface area contributed by atoms with Gasteiger partial charge in [0.25, 0.3) is 0 Å². The number of hydrogen-bond acceptors (Lipinski definition) is 4. The molecule has 1 aromatic carbocycles. The Hall–Kier alpha value is -1.11. The van der Waals surface area contributed by atoms with Crippen LogP contribution in [0.15, 0.2) is 29.2 Å². The van der Waals surface area contributed by atoms with Gasteiger partial charge in [-0.15, -0.1) is 0 Å². The average Bonchev–Trinajstić information content (AvgIpc) is 2.45. The van der Waals surface area contributed by atoms with E-state index in [-0.39, 0.29) is 0 Å². The molecule has 6 heteroatoms. The summed E-state index contributed by atoms with van der Waals surface area (Å²) in [5, 5.41) is 0. The molecule has 0 spiro atoms. The smallest absolute Gasteiger partial charge is 0.240 e. The summed E-state index contributed by atoms with van der Waals surface area (Å²) in [6.45, 7) is 5.12. The van der Waals surface area contributed by atoms with Crippen LogP contribution in [0.2, 0.25) is 0 Å². The number of hydrogen-bond donors (Lipinski definition) is 2. The van der Waals surface area contributed by atoms with Crippen LogP contribution in [-0.4, -0.2) is 34.6 Å². The zero-order valence-corrected chi connectivity index (χ0v) is 13.3. The Balaban J connectivity index is 2.83. The molecule has 0 aromatic heterocycles. The van der Waals surface area contributed by atoms with E-state index in [4.69, 9.17) is 5.73 Å². The van der Waals surface area contributed by atoms with Crippen LogP contribution >= 0.6 is 0 Å². The van der Waals surface area contributed by atoms with E-state index < -0.39 is 10.0 Å². The summed E-state index contributed by atoms with van der Waals surface area (Å²) in [5.74, 6) is 0. The Morgan fingerprint density at radius 3 is 2.40 bits per heavy atom. The first kappa shape index (κ1) is 16.9. The van der Waals surface area contributed by atoms with E-state index in [9.17, 15) is 8.42 Å². The molecular formula is C14H25N3O2S. The molecule has 3 N–H and O–H groups in total. The lowest BCUT2D eigenvalue weighted by Gasteiger charge is -2.26. The Morgan fingerprint density at radius 2 is 1.90 bits per heavy atom. The van der Waals surface area contributed by atoms with Crippen molar-refractivity contribution in [1.29, 1.82) is 0 Å². The quantitative estimate of drug-likeness (QED) is 0.763. The molecule has 1 rings (SSSR count). The number of nitrogens with two attached hydrogens (primary N) is 1. The molecule has 0 aliphatic rings. The minimum Gasteiger partial charge on any atom is -0.372 e. The summed E-state index contributed by atoms with van der Waals surface area (Å²) < 4.78 is 26.5. The molecule has 0 radical (unpaired) electrons. The summed E-state index contributed by atoms with van der Waals surface area (Å²) in [6, 6.07) is 7.25. The van der Waals surface area contributed by atoms with Crippen LogP contribution in [0.25, 0.3) is 0 Å². The van der Waals surface area contributed by atoms with Gasteiger partial charge in [-0.3, -0.25) is 0 Å². The second-order valence-corrected chi connectivity index (χ2v) is 6.70. The summed E-state index contributed by atoms with van der Waals surface area (Å²) in [6.07, 6.45) is 1.67. The average molecular weight is 299 g/mol. The summed E-state index contributed by atoms with van der Waals surface area (Å²) >= 11 is 0. The molecular weight excluding hydrogens is 274 g/mol. The van der Waals surface area contributed by atoms with Gasteiger partial charge >= 0.3 is 0 Å². The first-order chi connectivity index (χ1) is 9.42. The number of anilines is 1. The lowest BCUT2D eigenvalue weighted by atomic mass is 10.2. The molecule has 0 bridgehead atoms. The van der Waals surface area contributed by atoms with Crippen LogP contribution in [0, 0.1) is 0 Å². The highest BCUT2D eigenvalue weighted by atomic mass is 32.2. The van der Waals surface area contributed by atoms with Crippen LogP contribution in [0.1, 0.15) is 26.7 Å². The van der Waals surface area contributed by atoms with E-state index in [1.165, 1.54) is 0 Å². The first-order valence-corrected chi connectivity index (χ1v) is 8.43. The predicted molar refractivity (Wildman–Crippen MR) is 83.5 cm³/mol. The van der Waals surface area contributed by atoms with E-state index in [0.29, 0.717) is 24.0 Å². The second kappa shape index (κ2) is 7.61. The molecule has 0 aliphatic carbocycles. The van der Waals surface area contributed by atoms with Gasteiger partial charge < -0.3 is 10.6 Å². The zero-order valence-electron chi connectivity index (χ0n) is 12.5. The summed E-state index contributed by atoms with van der Waals surface area (Å²) in [7, 11) is -1.40. The van der Waals surface area contributed by atoms with Crippen LogP contribution in [0.5, 0.6) is 0 Å². The molecule has 0 amide bonds. The highest BCUT2D eigenvalue weighted by Gasteiger charge is 2.14. The fourth-order valence-electron chi connectivity index (χ4n) is 1.87. The third-order valence-corrected chi connectivity index (χ3v) is 4.82. The topological polar surface area (TPSA) is 75.4 Å². The molecule has 0 saturated heterocycles. The van der Waals surface area contributed by atoms with E-state index in [2.05, 4.69) is 16.5 Å². The van der Waals surface area contributed by atoms with Crippen molar-refractivity contribution in [3.63, 3.8) is 0 Å². The van der Waals surface area contributed by atoms with Gasteiger partial charge in [0, 0.05) is 25.3 Å². The molecule has 1 atom stereocenters. The van der Waals surface area contributed by atoms with Gasteiger partial charge in [0.1, 0.15) is 0 Å². The largest absolute Gasteiger partial charge is 0.372 e. The monoisotopic (exact) mass is 299 g/mol. The van der Waals surface area contributed by atoms with Crippen LogP contribution in [-0.2, 0) is 10.0 Å². The molecule has 20 heavy (non-hydrogen) atoms. The molecule has 1 unspecified atom stereocenters. The van der Waals surface area contributed by atoms with Gasteiger partial charge in [0.2, 0.25) is 10.0 Å². The standard InChI is InChI=1S/C14H25N3O2S/c1-4-11-16-20(18,19)14-7-5-13(6-8-14)17(3)12(2)9-10-15/h5-8,12,16H,4,9-11,15H2,1-3H3. The minimum atomic E-state index is -3.38. The van der Waals surface area contributed by atoms with Crippen LogP contribution < -0.4 is 15.4 Å². The molecule has 114 valence electrons. The SMILES string of the molecule is CCCNS(=O)(=O)c1ccc(N(C)C(C)CCN)cc1. The van der Waals surface area contributed by atoms with E-state index in [1.807, 2.05) is 26.1 Å². The van der Waals surface area contributed by atoms with Gasteiger partial charge in [0.05, 0.1) is 4.90 Å². The molecule has 0 heterocycles. The lowest BCUT2D eigenvalue weighted by Crippen LogP contribution is -2.30. The number of nitrogens with one attached hydrogen (secondary N) is 1. The van der Waals surface area contributed by atoms with E-state index in [1.54, 1.807) is 12.1 Å². The molecule has 0 saturated carbocycles. The Morgan fingerprint density at radius 1 is 1.30 bits per heavy atom. The van der Waals surface area contributed by atoms with E-state index >= 15 is 0 Å². The number of benzene rings is 1. The number of rotatable bonds is 8. The number of nitrogens with zero attached hydrogens (tertiary/aromatic N) is 1. The Labute approximate surface area is 122 Å². The van der Waals surface area contributed by atoms with Crippen molar-refractivity contribution in [3.8, 4) is 0 Å². The molecule has 5 nitrogen and oxygen atoms in total. The number of sulfonamides is 1. The highest BCUT2D eigenvalue weighted by molar-refractivity contribution is 7.89. The van der Waals surface area contributed by atoms with E-state index in [0.717, 1.165) is 18.5 Å². The van der Waals surface area contributed by atoms with Crippen molar-refractivity contribution in [1.82, 2.24) is 4.72 Å². The maximum atomic E-state index is 12.0. The molecule has 1 aromatic rings. The fraction of sp³-hybridized carbons (Fsp3) is 0.571. The van der Waals surface area contributed by atoms with Gasteiger partial charge in [0.15, 0.2) is 0 Å². The van der Waals surface area contributed by atoms with Gasteiger partial charge in [-0.25, -0.2) is 13.1 Å². The second-order valence-electron chi connectivity index (χ2n) is 4.93. The highest BCUT2D eigenvalue weighted by Crippen LogP contribution is 2.19. The van der Waals surface area contributed by atoms with Crippen LogP contribution in [0.3, 0.4) is 0 Å². The van der Waals surface area contributed by atoms with Gasteiger partial charge in [-0.1, -0.05) is 6.92 Å². The van der Waals surface area contributed by atoms with Crippen LogP contribution in [0.4, 0.5) is 5.69 Å². The zero-order chi connectivity index (χ0) is 15.2.